The normalized spacial score (nSPS) is 17.5. The van der Waals surface area contributed by atoms with Gasteiger partial charge in [0, 0.05) is 26.2 Å². The van der Waals surface area contributed by atoms with E-state index in [-0.39, 0.29) is 11.9 Å². The Morgan fingerprint density at radius 2 is 1.88 bits per heavy atom. The van der Waals surface area contributed by atoms with E-state index in [9.17, 15) is 4.79 Å². The average molecular weight is 332 g/mol. The van der Waals surface area contributed by atoms with Gasteiger partial charge in [-0.1, -0.05) is 44.2 Å². The van der Waals surface area contributed by atoms with Gasteiger partial charge in [0.1, 0.15) is 0 Å². The number of nitrogens with zero attached hydrogens (tertiary/aromatic N) is 2. The van der Waals surface area contributed by atoms with Crippen LogP contribution in [0.2, 0.25) is 0 Å². The zero-order chi connectivity index (χ0) is 17.5. The van der Waals surface area contributed by atoms with E-state index in [0.717, 1.165) is 45.4 Å². The average Bonchev–Trinajstić information content (AvgIpc) is 2.55. The van der Waals surface area contributed by atoms with Gasteiger partial charge < -0.3 is 15.5 Å². The molecule has 1 aromatic rings. The molecule has 134 valence electrons. The van der Waals surface area contributed by atoms with Crippen molar-refractivity contribution < 1.29 is 4.79 Å². The third kappa shape index (κ3) is 5.91. The predicted molar refractivity (Wildman–Crippen MR) is 99.5 cm³/mol. The van der Waals surface area contributed by atoms with E-state index in [1.807, 2.05) is 4.90 Å². The first-order valence-corrected chi connectivity index (χ1v) is 9.22. The SMILES string of the molecule is CC(C)C[C@H](N)C(=O)N1CCC(CN(C)Cc2ccccc2)CC1. The van der Waals surface area contributed by atoms with Gasteiger partial charge in [-0.05, 0) is 43.7 Å². The highest BCUT2D eigenvalue weighted by molar-refractivity contribution is 5.81. The molecule has 0 unspecified atom stereocenters. The van der Waals surface area contributed by atoms with Crippen LogP contribution in [0, 0.1) is 11.8 Å². The zero-order valence-electron chi connectivity index (χ0n) is 15.4. The lowest BCUT2D eigenvalue weighted by molar-refractivity contribution is -0.134. The molecular formula is C20H33N3O. The van der Waals surface area contributed by atoms with E-state index < -0.39 is 0 Å². The number of amides is 1. The van der Waals surface area contributed by atoms with E-state index in [0.29, 0.717) is 11.8 Å². The minimum absolute atomic E-state index is 0.139. The first-order chi connectivity index (χ1) is 11.5. The van der Waals surface area contributed by atoms with Crippen LogP contribution in [0.4, 0.5) is 0 Å². The molecule has 0 aliphatic carbocycles. The topological polar surface area (TPSA) is 49.6 Å². The van der Waals surface area contributed by atoms with Crippen LogP contribution in [0.1, 0.15) is 38.7 Å². The van der Waals surface area contributed by atoms with Crippen LogP contribution in [0.15, 0.2) is 30.3 Å². The molecule has 2 N–H and O–H groups in total. The number of carbonyl (C=O) groups excluding carboxylic acids is 1. The highest BCUT2D eigenvalue weighted by Crippen LogP contribution is 2.20. The fraction of sp³-hybridized carbons (Fsp3) is 0.650. The van der Waals surface area contributed by atoms with Crippen molar-refractivity contribution in [3.63, 3.8) is 0 Å². The Labute approximate surface area is 147 Å². The Morgan fingerprint density at radius 3 is 2.46 bits per heavy atom. The van der Waals surface area contributed by atoms with E-state index in [1.165, 1.54) is 5.56 Å². The lowest BCUT2D eigenvalue weighted by atomic mass is 9.95. The second-order valence-electron chi connectivity index (χ2n) is 7.69. The second-order valence-corrected chi connectivity index (χ2v) is 7.69. The van der Waals surface area contributed by atoms with Crippen molar-refractivity contribution in [2.24, 2.45) is 17.6 Å². The summed E-state index contributed by atoms with van der Waals surface area (Å²) in [6.07, 6.45) is 2.94. The summed E-state index contributed by atoms with van der Waals surface area (Å²) < 4.78 is 0. The molecule has 4 nitrogen and oxygen atoms in total. The van der Waals surface area contributed by atoms with Gasteiger partial charge in [-0.15, -0.1) is 0 Å². The van der Waals surface area contributed by atoms with Crippen molar-refractivity contribution in [3.8, 4) is 0 Å². The molecule has 1 heterocycles. The maximum absolute atomic E-state index is 12.4. The molecule has 0 radical (unpaired) electrons. The molecule has 1 aromatic carbocycles. The lowest BCUT2D eigenvalue weighted by Gasteiger charge is -2.35. The molecule has 0 saturated carbocycles. The van der Waals surface area contributed by atoms with Crippen molar-refractivity contribution in [3.05, 3.63) is 35.9 Å². The number of likely N-dealkylation sites (tertiary alicyclic amines) is 1. The highest BCUT2D eigenvalue weighted by atomic mass is 16.2. The molecule has 4 heteroatoms. The summed E-state index contributed by atoms with van der Waals surface area (Å²) in [5.74, 6) is 1.28. The van der Waals surface area contributed by atoms with Crippen molar-refractivity contribution in [2.45, 2.75) is 45.7 Å². The summed E-state index contributed by atoms with van der Waals surface area (Å²) in [6, 6.07) is 10.3. The van der Waals surface area contributed by atoms with Crippen molar-refractivity contribution in [1.82, 2.24) is 9.80 Å². The molecule has 1 amide bonds. The molecule has 1 aliphatic rings. The molecule has 1 aliphatic heterocycles. The first kappa shape index (κ1) is 18.9. The quantitative estimate of drug-likeness (QED) is 0.836. The van der Waals surface area contributed by atoms with Gasteiger partial charge in [-0.2, -0.15) is 0 Å². The number of benzene rings is 1. The Balaban J connectivity index is 1.73. The minimum atomic E-state index is -0.331. The minimum Gasteiger partial charge on any atom is -0.341 e. The summed E-state index contributed by atoms with van der Waals surface area (Å²) >= 11 is 0. The number of carbonyl (C=O) groups is 1. The maximum Gasteiger partial charge on any atom is 0.239 e. The Morgan fingerprint density at radius 1 is 1.25 bits per heavy atom. The fourth-order valence-corrected chi connectivity index (χ4v) is 3.58. The molecule has 1 fully saturated rings. The number of nitrogens with two attached hydrogens (primary N) is 1. The maximum atomic E-state index is 12.4. The van der Waals surface area contributed by atoms with Crippen LogP contribution in [0.25, 0.3) is 0 Å². The Bertz CT molecular complexity index is 495. The second kappa shape index (κ2) is 9.19. The van der Waals surface area contributed by atoms with Gasteiger partial charge in [0.05, 0.1) is 6.04 Å². The van der Waals surface area contributed by atoms with Crippen molar-refractivity contribution in [2.75, 3.05) is 26.7 Å². The first-order valence-electron chi connectivity index (χ1n) is 9.22. The molecule has 0 bridgehead atoms. The van der Waals surface area contributed by atoms with Gasteiger partial charge in [-0.3, -0.25) is 4.79 Å². The Hall–Kier alpha value is -1.39. The summed E-state index contributed by atoms with van der Waals surface area (Å²) in [6.45, 7) is 8.01. The van der Waals surface area contributed by atoms with Crippen molar-refractivity contribution >= 4 is 5.91 Å². The third-order valence-electron chi connectivity index (χ3n) is 4.83. The molecular weight excluding hydrogens is 298 g/mol. The lowest BCUT2D eigenvalue weighted by Crippen LogP contribution is -2.48. The van der Waals surface area contributed by atoms with E-state index >= 15 is 0 Å². The van der Waals surface area contributed by atoms with Gasteiger partial charge >= 0.3 is 0 Å². The van der Waals surface area contributed by atoms with E-state index in [4.69, 9.17) is 5.73 Å². The van der Waals surface area contributed by atoms with Gasteiger partial charge in [0.2, 0.25) is 5.91 Å². The number of piperidine rings is 1. The smallest absolute Gasteiger partial charge is 0.239 e. The summed E-state index contributed by atoms with van der Waals surface area (Å²) in [5, 5.41) is 0. The summed E-state index contributed by atoms with van der Waals surface area (Å²) in [5.41, 5.74) is 7.40. The van der Waals surface area contributed by atoms with E-state index in [1.54, 1.807) is 0 Å². The molecule has 24 heavy (non-hydrogen) atoms. The molecule has 0 spiro atoms. The van der Waals surface area contributed by atoms with Gasteiger partial charge in [0.15, 0.2) is 0 Å². The highest BCUT2D eigenvalue weighted by Gasteiger charge is 2.27. The standard InChI is InChI=1S/C20H33N3O/c1-16(2)13-19(21)20(24)23-11-9-18(10-12-23)15-22(3)14-17-7-5-4-6-8-17/h4-8,16,18-19H,9-15,21H2,1-3H3/t19-/m0/s1. The summed E-state index contributed by atoms with van der Waals surface area (Å²) in [4.78, 5) is 16.8. The summed E-state index contributed by atoms with van der Waals surface area (Å²) in [7, 11) is 2.18. The molecule has 0 aromatic heterocycles. The predicted octanol–water partition coefficient (Wildman–Crippen LogP) is 2.73. The third-order valence-corrected chi connectivity index (χ3v) is 4.83. The zero-order valence-corrected chi connectivity index (χ0v) is 15.4. The van der Waals surface area contributed by atoms with Crippen LogP contribution in [0.3, 0.4) is 0 Å². The van der Waals surface area contributed by atoms with Crippen LogP contribution in [-0.4, -0.2) is 48.4 Å². The molecule has 1 atom stereocenters. The fourth-order valence-electron chi connectivity index (χ4n) is 3.58. The Kier molecular flexibility index (Phi) is 7.25. The van der Waals surface area contributed by atoms with Gasteiger partial charge in [-0.25, -0.2) is 0 Å². The largest absolute Gasteiger partial charge is 0.341 e. The van der Waals surface area contributed by atoms with Gasteiger partial charge in [0.25, 0.3) is 0 Å². The number of hydrogen-bond donors (Lipinski definition) is 1. The van der Waals surface area contributed by atoms with Crippen LogP contribution < -0.4 is 5.73 Å². The number of hydrogen-bond acceptors (Lipinski definition) is 3. The molecule has 1 saturated heterocycles. The van der Waals surface area contributed by atoms with Crippen LogP contribution >= 0.6 is 0 Å². The van der Waals surface area contributed by atoms with Crippen molar-refractivity contribution in [1.29, 1.82) is 0 Å². The molecule has 2 rings (SSSR count). The van der Waals surface area contributed by atoms with Crippen LogP contribution in [-0.2, 0) is 11.3 Å². The number of rotatable bonds is 7. The van der Waals surface area contributed by atoms with Crippen LogP contribution in [0.5, 0.6) is 0 Å². The monoisotopic (exact) mass is 331 g/mol. The van der Waals surface area contributed by atoms with E-state index in [2.05, 4.69) is 56.1 Å².